The van der Waals surface area contributed by atoms with Crippen LogP contribution in [0.5, 0.6) is 0 Å². The van der Waals surface area contributed by atoms with Gasteiger partial charge < -0.3 is 5.11 Å². The van der Waals surface area contributed by atoms with Crippen molar-refractivity contribution in [1.29, 1.82) is 0 Å². The van der Waals surface area contributed by atoms with E-state index in [1.165, 1.54) is 0 Å². The molecule has 1 aromatic rings. The minimum atomic E-state index is -0.870. The highest BCUT2D eigenvalue weighted by atomic mass is 79.9. The maximum absolute atomic E-state index is 10.7. The third kappa shape index (κ3) is 2.18. The number of nitrogens with zero attached hydrogens (tertiary/aromatic N) is 1. The molecule has 0 aromatic heterocycles. The van der Waals surface area contributed by atoms with Crippen LogP contribution in [0.1, 0.15) is 12.0 Å². The molecule has 4 nitrogen and oxygen atoms in total. The van der Waals surface area contributed by atoms with Gasteiger partial charge in [-0.15, -0.1) is 0 Å². The van der Waals surface area contributed by atoms with Crippen LogP contribution in [-0.2, 0) is 4.79 Å². The maximum Gasteiger partial charge on any atom is 0.328 e. The molecule has 0 unspecified atom stereocenters. The van der Waals surface area contributed by atoms with E-state index in [4.69, 9.17) is 5.11 Å². The van der Waals surface area contributed by atoms with E-state index in [2.05, 4.69) is 26.5 Å². The van der Waals surface area contributed by atoms with Crippen molar-refractivity contribution in [3.63, 3.8) is 0 Å². The van der Waals surface area contributed by atoms with Crippen molar-refractivity contribution in [2.75, 3.05) is 0 Å². The summed E-state index contributed by atoms with van der Waals surface area (Å²) >= 11 is 3.34. The molecular weight excluding hydrogens is 260 g/mol. The Morgan fingerprint density at radius 2 is 2.13 bits per heavy atom. The van der Waals surface area contributed by atoms with E-state index >= 15 is 0 Å². The monoisotopic (exact) mass is 268 g/mol. The highest BCUT2D eigenvalue weighted by Crippen LogP contribution is 2.15. The van der Waals surface area contributed by atoms with Gasteiger partial charge in [0, 0.05) is 10.9 Å². The molecular formula is C10H9BrN2O2. The van der Waals surface area contributed by atoms with Crippen molar-refractivity contribution in [1.82, 2.24) is 5.43 Å². The minimum absolute atomic E-state index is 0.428. The number of hydrogen-bond acceptors (Lipinski definition) is 3. The smallest absolute Gasteiger partial charge is 0.328 e. The largest absolute Gasteiger partial charge is 0.480 e. The van der Waals surface area contributed by atoms with Gasteiger partial charge in [0.05, 0.1) is 5.71 Å². The van der Waals surface area contributed by atoms with Crippen LogP contribution < -0.4 is 5.43 Å². The summed E-state index contributed by atoms with van der Waals surface area (Å²) < 4.78 is 0.993. The van der Waals surface area contributed by atoms with Gasteiger partial charge in [-0.05, 0) is 17.7 Å². The molecule has 2 N–H and O–H groups in total. The van der Waals surface area contributed by atoms with E-state index in [0.717, 1.165) is 15.7 Å². The molecule has 1 atom stereocenters. The Balaban J connectivity index is 2.14. The van der Waals surface area contributed by atoms with Crippen LogP contribution in [0, 0.1) is 0 Å². The molecule has 0 aliphatic carbocycles. The lowest BCUT2D eigenvalue weighted by Crippen LogP contribution is -2.29. The number of carboxylic acid groups (broad SMARTS) is 1. The van der Waals surface area contributed by atoms with Crippen LogP contribution >= 0.6 is 15.9 Å². The lowest BCUT2D eigenvalue weighted by Gasteiger charge is -2.02. The van der Waals surface area contributed by atoms with Gasteiger partial charge >= 0.3 is 5.97 Å². The summed E-state index contributed by atoms with van der Waals surface area (Å²) in [5.74, 6) is -0.870. The zero-order valence-electron chi connectivity index (χ0n) is 7.77. The summed E-state index contributed by atoms with van der Waals surface area (Å²) in [6, 6.07) is 7.05. The van der Waals surface area contributed by atoms with Crippen LogP contribution in [-0.4, -0.2) is 22.8 Å². The molecule has 0 fully saturated rings. The fourth-order valence-electron chi connectivity index (χ4n) is 1.41. The van der Waals surface area contributed by atoms with Crippen molar-refractivity contribution in [3.8, 4) is 0 Å². The predicted molar refractivity (Wildman–Crippen MR) is 59.9 cm³/mol. The molecule has 0 amide bonds. The fraction of sp³-hybridized carbons (Fsp3) is 0.200. The SMILES string of the molecule is O=C(O)[C@@H]1CC(c2ccc(Br)cc2)=NN1. The lowest BCUT2D eigenvalue weighted by molar-refractivity contribution is -0.139. The molecule has 1 heterocycles. The molecule has 0 spiro atoms. The Kier molecular flexibility index (Phi) is 2.73. The highest BCUT2D eigenvalue weighted by Gasteiger charge is 2.25. The third-order valence-electron chi connectivity index (χ3n) is 2.23. The standard InChI is InChI=1S/C10H9BrN2O2/c11-7-3-1-6(2-4-7)8-5-9(10(14)15)13-12-8/h1-4,9,13H,5H2,(H,14,15)/t9-/m0/s1. The number of hydrogen-bond donors (Lipinski definition) is 2. The second kappa shape index (κ2) is 4.02. The van der Waals surface area contributed by atoms with E-state index in [0.29, 0.717) is 6.42 Å². The van der Waals surface area contributed by atoms with Crippen LogP contribution in [0.3, 0.4) is 0 Å². The van der Waals surface area contributed by atoms with Gasteiger partial charge in [0.25, 0.3) is 0 Å². The summed E-state index contributed by atoms with van der Waals surface area (Å²) in [7, 11) is 0. The molecule has 1 aliphatic rings. The van der Waals surface area contributed by atoms with Crippen LogP contribution in [0.15, 0.2) is 33.8 Å². The number of halogens is 1. The van der Waals surface area contributed by atoms with Crippen LogP contribution in [0.2, 0.25) is 0 Å². The Hall–Kier alpha value is -1.36. The molecule has 2 rings (SSSR count). The number of rotatable bonds is 2. The minimum Gasteiger partial charge on any atom is -0.480 e. The molecule has 0 radical (unpaired) electrons. The molecule has 78 valence electrons. The van der Waals surface area contributed by atoms with Crippen molar-refractivity contribution in [2.45, 2.75) is 12.5 Å². The number of hydrazone groups is 1. The van der Waals surface area contributed by atoms with Gasteiger partial charge in [0.1, 0.15) is 6.04 Å². The highest BCUT2D eigenvalue weighted by molar-refractivity contribution is 9.10. The predicted octanol–water partition coefficient (Wildman–Crippen LogP) is 1.60. The Labute approximate surface area is 95.1 Å². The second-order valence-electron chi connectivity index (χ2n) is 3.29. The summed E-state index contributed by atoms with van der Waals surface area (Å²) in [5.41, 5.74) is 4.34. The zero-order chi connectivity index (χ0) is 10.8. The molecule has 1 aliphatic heterocycles. The summed E-state index contributed by atoms with van der Waals surface area (Å²) in [4.78, 5) is 10.7. The number of benzene rings is 1. The summed E-state index contributed by atoms with van der Waals surface area (Å²) in [6.07, 6.45) is 0.428. The molecule has 0 saturated carbocycles. The second-order valence-corrected chi connectivity index (χ2v) is 4.21. The van der Waals surface area contributed by atoms with E-state index in [1.807, 2.05) is 24.3 Å². The molecule has 15 heavy (non-hydrogen) atoms. The number of carboxylic acids is 1. The first-order chi connectivity index (χ1) is 7.16. The molecule has 5 heteroatoms. The number of nitrogens with one attached hydrogen (secondary N) is 1. The Bertz CT molecular complexity index is 414. The quantitative estimate of drug-likeness (QED) is 0.857. The summed E-state index contributed by atoms with van der Waals surface area (Å²) in [5, 5.41) is 12.8. The maximum atomic E-state index is 10.7. The molecule has 0 bridgehead atoms. The van der Waals surface area contributed by atoms with Gasteiger partial charge in [0.15, 0.2) is 0 Å². The van der Waals surface area contributed by atoms with Gasteiger partial charge in [-0.1, -0.05) is 28.1 Å². The van der Waals surface area contributed by atoms with E-state index in [9.17, 15) is 4.79 Å². The first-order valence-corrected chi connectivity index (χ1v) is 5.27. The van der Waals surface area contributed by atoms with Crippen LogP contribution in [0.4, 0.5) is 0 Å². The molecule has 0 saturated heterocycles. The number of aliphatic carboxylic acids is 1. The van der Waals surface area contributed by atoms with Gasteiger partial charge in [-0.25, -0.2) is 4.79 Å². The normalized spacial score (nSPS) is 19.5. The number of carbonyl (C=O) groups is 1. The average molecular weight is 269 g/mol. The summed E-state index contributed by atoms with van der Waals surface area (Å²) in [6.45, 7) is 0. The lowest BCUT2D eigenvalue weighted by atomic mass is 10.0. The fourth-order valence-corrected chi connectivity index (χ4v) is 1.67. The van der Waals surface area contributed by atoms with Gasteiger partial charge in [-0.2, -0.15) is 5.10 Å². The van der Waals surface area contributed by atoms with Crippen molar-refractivity contribution in [2.24, 2.45) is 5.10 Å². The van der Waals surface area contributed by atoms with E-state index in [-0.39, 0.29) is 0 Å². The van der Waals surface area contributed by atoms with Gasteiger partial charge in [0.2, 0.25) is 0 Å². The first-order valence-electron chi connectivity index (χ1n) is 4.47. The molecule has 1 aromatic carbocycles. The van der Waals surface area contributed by atoms with E-state index < -0.39 is 12.0 Å². The first kappa shape index (κ1) is 10.2. The van der Waals surface area contributed by atoms with E-state index in [1.54, 1.807) is 0 Å². The van der Waals surface area contributed by atoms with Crippen molar-refractivity contribution < 1.29 is 9.90 Å². The van der Waals surface area contributed by atoms with Crippen molar-refractivity contribution >= 4 is 27.6 Å². The van der Waals surface area contributed by atoms with Crippen LogP contribution in [0.25, 0.3) is 0 Å². The Morgan fingerprint density at radius 3 is 2.67 bits per heavy atom. The van der Waals surface area contributed by atoms with Gasteiger partial charge in [-0.3, -0.25) is 5.43 Å². The van der Waals surface area contributed by atoms with Crippen molar-refractivity contribution in [3.05, 3.63) is 34.3 Å². The zero-order valence-corrected chi connectivity index (χ0v) is 9.36. The Morgan fingerprint density at radius 1 is 1.47 bits per heavy atom. The third-order valence-corrected chi connectivity index (χ3v) is 2.76. The topological polar surface area (TPSA) is 61.7 Å². The average Bonchev–Trinajstić information content (AvgIpc) is 2.68.